The van der Waals surface area contributed by atoms with E-state index in [0.717, 1.165) is 11.8 Å². The molecule has 0 aliphatic rings. The summed E-state index contributed by atoms with van der Waals surface area (Å²) < 4.78 is 36.2. The lowest BCUT2D eigenvalue weighted by atomic mass is 10.1. The Hall–Kier alpha value is -4.07. The first-order valence-electron chi connectivity index (χ1n) is 12.7. The lowest BCUT2D eigenvalue weighted by molar-refractivity contribution is 0.0150. The van der Waals surface area contributed by atoms with Gasteiger partial charge >= 0.3 is 0 Å². The Balaban J connectivity index is 0.00000506. The number of hydrogen-bond acceptors (Lipinski definition) is 9. The zero-order chi connectivity index (χ0) is 30.1. The second kappa shape index (κ2) is 15.4. The molecule has 226 valence electrons. The molecule has 2 aromatic heterocycles. The summed E-state index contributed by atoms with van der Waals surface area (Å²) in [6.45, 7) is 0.356. The van der Waals surface area contributed by atoms with Crippen LogP contribution in [0.3, 0.4) is 0 Å². The maximum absolute atomic E-state index is 13.4. The molecule has 14 heteroatoms. The molecular weight excluding hydrogens is 617 g/mol. The minimum atomic E-state index is -3.62. The predicted molar refractivity (Wildman–Crippen MR) is 166 cm³/mol. The van der Waals surface area contributed by atoms with Crippen LogP contribution < -0.4 is 21.1 Å². The van der Waals surface area contributed by atoms with E-state index in [2.05, 4.69) is 20.6 Å². The number of aromatic nitrogens is 2. The molecule has 0 aliphatic carbocycles. The second-order valence-corrected chi connectivity index (χ2v) is 11.5. The molecule has 0 radical (unpaired) electrons. The standard InChI is InChI=1S/C29H28ClN5O6S.ClH/c1-42(38,39)21-11-12-22(25(15-21)41-18-20(16-31)40-17-19-7-3-2-4-8-19)28(36)34-24-10-6-13-32-26(24)29(37)35-27-23(30)9-5-14-33-27;/h2-15,20H,16-18,31H2,1H3,(H,34,36)(H,33,35,37);1H/t20-;/m0./s1. The fourth-order valence-electron chi connectivity index (χ4n) is 3.72. The normalized spacial score (nSPS) is 11.6. The fraction of sp³-hybridized carbons (Fsp3) is 0.172. The molecule has 0 unspecified atom stereocenters. The van der Waals surface area contributed by atoms with Crippen molar-refractivity contribution in [3.63, 3.8) is 0 Å². The lowest BCUT2D eigenvalue weighted by Gasteiger charge is -2.19. The van der Waals surface area contributed by atoms with Crippen LogP contribution in [0.25, 0.3) is 0 Å². The highest BCUT2D eigenvalue weighted by Gasteiger charge is 2.22. The Morgan fingerprint density at radius 3 is 2.37 bits per heavy atom. The number of ether oxygens (including phenoxy) is 2. The number of nitrogens with two attached hydrogens (primary N) is 1. The average molecular weight is 647 g/mol. The summed E-state index contributed by atoms with van der Waals surface area (Å²) in [6.07, 6.45) is 3.36. The molecule has 0 bridgehead atoms. The summed E-state index contributed by atoms with van der Waals surface area (Å²) in [5.74, 6) is -1.20. The quantitative estimate of drug-likeness (QED) is 0.203. The highest BCUT2D eigenvalue weighted by atomic mass is 35.5. The molecule has 4 N–H and O–H groups in total. The molecule has 2 amide bonds. The van der Waals surface area contributed by atoms with Crippen molar-refractivity contribution in [2.75, 3.05) is 30.0 Å². The first-order chi connectivity index (χ1) is 20.2. The fourth-order valence-corrected chi connectivity index (χ4v) is 4.52. The van der Waals surface area contributed by atoms with Gasteiger partial charge in [0.2, 0.25) is 0 Å². The van der Waals surface area contributed by atoms with Gasteiger partial charge in [-0.2, -0.15) is 0 Å². The van der Waals surface area contributed by atoms with Crippen LogP contribution >= 0.6 is 24.0 Å². The molecule has 0 fully saturated rings. The van der Waals surface area contributed by atoms with E-state index >= 15 is 0 Å². The largest absolute Gasteiger partial charge is 0.490 e. The third-order valence-corrected chi connectivity index (χ3v) is 7.32. The molecule has 0 saturated carbocycles. The Labute approximate surface area is 260 Å². The number of rotatable bonds is 12. The topological polar surface area (TPSA) is 163 Å². The van der Waals surface area contributed by atoms with Crippen LogP contribution in [-0.2, 0) is 21.2 Å². The molecule has 43 heavy (non-hydrogen) atoms. The first-order valence-corrected chi connectivity index (χ1v) is 14.9. The number of anilines is 2. The number of hydrogen-bond donors (Lipinski definition) is 3. The number of nitrogens with one attached hydrogen (secondary N) is 2. The van der Waals surface area contributed by atoms with E-state index in [0.29, 0.717) is 6.61 Å². The van der Waals surface area contributed by atoms with Crippen LogP contribution in [0.15, 0.2) is 90.1 Å². The van der Waals surface area contributed by atoms with Crippen molar-refractivity contribution < 1.29 is 27.5 Å². The van der Waals surface area contributed by atoms with Crippen LogP contribution in [0.4, 0.5) is 11.5 Å². The van der Waals surface area contributed by atoms with Gasteiger partial charge in [-0.3, -0.25) is 9.59 Å². The van der Waals surface area contributed by atoms with Crippen molar-refractivity contribution in [3.8, 4) is 5.75 Å². The van der Waals surface area contributed by atoms with Gasteiger partial charge in [-0.05, 0) is 48.0 Å². The van der Waals surface area contributed by atoms with Crippen LogP contribution in [0.2, 0.25) is 5.02 Å². The second-order valence-electron chi connectivity index (χ2n) is 9.04. The van der Waals surface area contributed by atoms with Crippen molar-refractivity contribution >= 4 is 57.2 Å². The minimum Gasteiger partial charge on any atom is -0.490 e. The molecule has 0 spiro atoms. The number of pyridine rings is 2. The van der Waals surface area contributed by atoms with E-state index < -0.39 is 27.8 Å². The number of carbonyl (C=O) groups is 2. The number of benzene rings is 2. The zero-order valence-electron chi connectivity index (χ0n) is 22.9. The summed E-state index contributed by atoms with van der Waals surface area (Å²) >= 11 is 6.09. The van der Waals surface area contributed by atoms with Crippen molar-refractivity contribution in [1.82, 2.24) is 9.97 Å². The van der Waals surface area contributed by atoms with Gasteiger partial charge in [0.25, 0.3) is 11.8 Å². The van der Waals surface area contributed by atoms with Gasteiger partial charge in [0.15, 0.2) is 21.3 Å². The Kier molecular flexibility index (Phi) is 12.0. The number of sulfone groups is 1. The Morgan fingerprint density at radius 2 is 1.67 bits per heavy atom. The predicted octanol–water partition coefficient (Wildman–Crippen LogP) is 4.38. The highest BCUT2D eigenvalue weighted by molar-refractivity contribution is 7.90. The first kappa shape index (κ1) is 33.4. The third kappa shape index (κ3) is 9.21. The molecule has 0 saturated heterocycles. The van der Waals surface area contributed by atoms with Crippen molar-refractivity contribution in [2.45, 2.75) is 17.6 Å². The smallest absolute Gasteiger partial charge is 0.277 e. The van der Waals surface area contributed by atoms with E-state index in [9.17, 15) is 18.0 Å². The summed E-state index contributed by atoms with van der Waals surface area (Å²) in [7, 11) is -3.62. The van der Waals surface area contributed by atoms with Gasteiger partial charge in [-0.25, -0.2) is 18.4 Å². The van der Waals surface area contributed by atoms with E-state index in [1.54, 1.807) is 18.2 Å². The van der Waals surface area contributed by atoms with E-state index in [-0.39, 0.29) is 64.0 Å². The molecule has 2 aromatic carbocycles. The number of carbonyl (C=O) groups excluding carboxylic acids is 2. The van der Waals surface area contributed by atoms with Crippen LogP contribution in [0.1, 0.15) is 26.4 Å². The molecule has 4 aromatic rings. The molecule has 11 nitrogen and oxygen atoms in total. The molecular formula is C29H29Cl2N5O6S. The number of halogens is 2. The van der Waals surface area contributed by atoms with Gasteiger partial charge in [0.1, 0.15) is 18.5 Å². The summed E-state index contributed by atoms with van der Waals surface area (Å²) in [4.78, 5) is 34.5. The van der Waals surface area contributed by atoms with E-state index in [1.807, 2.05) is 30.3 Å². The lowest BCUT2D eigenvalue weighted by Crippen LogP contribution is -2.30. The zero-order valence-corrected chi connectivity index (χ0v) is 25.3. The summed E-state index contributed by atoms with van der Waals surface area (Å²) in [5.41, 5.74) is 6.83. The van der Waals surface area contributed by atoms with E-state index in [4.69, 9.17) is 26.8 Å². The molecule has 2 heterocycles. The monoisotopic (exact) mass is 645 g/mol. The van der Waals surface area contributed by atoms with Crippen LogP contribution in [0.5, 0.6) is 5.75 Å². The summed E-state index contributed by atoms with van der Waals surface area (Å²) in [5, 5.41) is 5.44. The third-order valence-electron chi connectivity index (χ3n) is 5.90. The highest BCUT2D eigenvalue weighted by Crippen LogP contribution is 2.26. The van der Waals surface area contributed by atoms with Crippen molar-refractivity contribution in [3.05, 3.63) is 107 Å². The minimum absolute atomic E-state index is 0. The van der Waals surface area contributed by atoms with Crippen LogP contribution in [-0.4, -0.2) is 55.7 Å². The number of amides is 2. The average Bonchev–Trinajstić information content (AvgIpc) is 2.98. The summed E-state index contributed by atoms with van der Waals surface area (Å²) in [6, 6.07) is 19.6. The van der Waals surface area contributed by atoms with Gasteiger partial charge in [-0.1, -0.05) is 41.9 Å². The van der Waals surface area contributed by atoms with Gasteiger partial charge in [0.05, 0.1) is 27.8 Å². The molecule has 0 aliphatic heterocycles. The van der Waals surface area contributed by atoms with E-state index in [1.165, 1.54) is 36.7 Å². The Bertz CT molecular complexity index is 1680. The van der Waals surface area contributed by atoms with Crippen LogP contribution in [0, 0.1) is 0 Å². The van der Waals surface area contributed by atoms with Gasteiger partial charge in [-0.15, -0.1) is 12.4 Å². The van der Waals surface area contributed by atoms with Gasteiger partial charge < -0.3 is 25.8 Å². The SMILES string of the molecule is CS(=O)(=O)c1ccc(C(=O)Nc2cccnc2C(=O)Nc2ncccc2Cl)c(OC[C@H](CN)OCc2ccccc2)c1.Cl. The van der Waals surface area contributed by atoms with Gasteiger partial charge in [0, 0.05) is 25.2 Å². The maximum atomic E-state index is 13.4. The number of nitrogens with zero attached hydrogens (tertiary/aromatic N) is 2. The Morgan fingerprint density at radius 1 is 0.953 bits per heavy atom. The van der Waals surface area contributed by atoms with Crippen molar-refractivity contribution in [2.24, 2.45) is 5.73 Å². The van der Waals surface area contributed by atoms with Crippen molar-refractivity contribution in [1.29, 1.82) is 0 Å². The maximum Gasteiger partial charge on any atom is 0.277 e. The molecule has 1 atom stereocenters. The molecule has 4 rings (SSSR count).